The summed E-state index contributed by atoms with van der Waals surface area (Å²) in [5.41, 5.74) is 1.84. The number of nitrogens with zero attached hydrogens (tertiary/aromatic N) is 2. The zero-order valence-electron chi connectivity index (χ0n) is 20.2. The molecule has 9 nitrogen and oxygen atoms in total. The number of carbonyl (C=O) groups is 2. The highest BCUT2D eigenvalue weighted by Gasteiger charge is 2.42. The van der Waals surface area contributed by atoms with Crippen molar-refractivity contribution in [3.63, 3.8) is 0 Å². The second kappa shape index (κ2) is 10.1. The molecule has 0 unspecified atom stereocenters. The first-order chi connectivity index (χ1) is 17.4. The number of esters is 1. The molecule has 0 spiro atoms. The lowest BCUT2D eigenvalue weighted by molar-refractivity contribution is -0.151. The average Bonchev–Trinajstić information content (AvgIpc) is 2.91. The third-order valence-electron chi connectivity index (χ3n) is 7.04. The van der Waals surface area contributed by atoms with Gasteiger partial charge in [-0.25, -0.2) is 8.42 Å². The van der Waals surface area contributed by atoms with Crippen molar-refractivity contribution in [3.05, 3.63) is 53.6 Å². The highest BCUT2D eigenvalue weighted by atomic mass is 32.2. The Bertz CT molecular complexity index is 1250. The number of hydrogen-bond donors (Lipinski definition) is 0. The molecule has 3 heterocycles. The van der Waals surface area contributed by atoms with Crippen molar-refractivity contribution in [3.8, 4) is 11.5 Å². The lowest BCUT2D eigenvalue weighted by atomic mass is 9.93. The van der Waals surface area contributed by atoms with Crippen LogP contribution in [0, 0.1) is 5.92 Å². The summed E-state index contributed by atoms with van der Waals surface area (Å²) in [6, 6.07) is 11.3. The Balaban J connectivity index is 1.42. The fraction of sp³-hybridized carbons (Fsp3) is 0.462. The Kier molecular flexibility index (Phi) is 6.90. The number of sulfonamides is 1. The van der Waals surface area contributed by atoms with Gasteiger partial charge in [-0.05, 0) is 49.4 Å². The third kappa shape index (κ3) is 4.67. The molecule has 1 amide bonds. The van der Waals surface area contributed by atoms with Crippen LogP contribution >= 0.6 is 0 Å². The van der Waals surface area contributed by atoms with Crippen molar-refractivity contribution >= 4 is 21.9 Å². The number of carbonyl (C=O) groups excluding carboxylic acids is 2. The molecule has 0 aliphatic carbocycles. The van der Waals surface area contributed by atoms with Crippen LogP contribution in [-0.4, -0.2) is 68.5 Å². The van der Waals surface area contributed by atoms with Gasteiger partial charge in [0.15, 0.2) is 11.5 Å². The summed E-state index contributed by atoms with van der Waals surface area (Å²) in [6.45, 7) is 3.72. The van der Waals surface area contributed by atoms with E-state index in [0.717, 1.165) is 11.1 Å². The number of rotatable bonds is 5. The predicted octanol–water partition coefficient (Wildman–Crippen LogP) is 2.38. The van der Waals surface area contributed by atoms with Crippen LogP contribution in [0.2, 0.25) is 0 Å². The van der Waals surface area contributed by atoms with Gasteiger partial charge in [0.05, 0.1) is 17.4 Å². The summed E-state index contributed by atoms with van der Waals surface area (Å²) in [5.74, 6) is 0.163. The van der Waals surface area contributed by atoms with E-state index in [0.29, 0.717) is 57.3 Å². The number of piperidine rings is 1. The molecule has 0 bridgehead atoms. The molecule has 0 radical (unpaired) electrons. The lowest BCUT2D eigenvalue weighted by Crippen LogP contribution is -2.55. The number of hydrogen-bond acceptors (Lipinski definition) is 7. The second-order valence-corrected chi connectivity index (χ2v) is 11.1. The van der Waals surface area contributed by atoms with Crippen LogP contribution in [-0.2, 0) is 37.3 Å². The number of fused-ring (bicyclic) bond motifs is 2. The molecule has 0 saturated carbocycles. The second-order valence-electron chi connectivity index (χ2n) is 9.20. The van der Waals surface area contributed by atoms with E-state index in [1.165, 1.54) is 16.4 Å². The fourth-order valence-corrected chi connectivity index (χ4v) is 6.66. The molecule has 1 atom stereocenters. The van der Waals surface area contributed by atoms with E-state index in [1.807, 2.05) is 24.3 Å². The summed E-state index contributed by atoms with van der Waals surface area (Å²) in [4.78, 5) is 27.6. The van der Waals surface area contributed by atoms with E-state index in [1.54, 1.807) is 17.9 Å². The number of amides is 1. The van der Waals surface area contributed by atoms with E-state index in [9.17, 15) is 18.0 Å². The monoisotopic (exact) mass is 514 g/mol. The van der Waals surface area contributed by atoms with Gasteiger partial charge in [-0.15, -0.1) is 0 Å². The molecule has 1 fully saturated rings. The van der Waals surface area contributed by atoms with Crippen molar-refractivity contribution < 1.29 is 32.2 Å². The minimum Gasteiger partial charge on any atom is -0.486 e. The van der Waals surface area contributed by atoms with Crippen LogP contribution in [0.4, 0.5) is 0 Å². The molecular formula is C26H30N2O7S. The van der Waals surface area contributed by atoms with Gasteiger partial charge >= 0.3 is 5.97 Å². The van der Waals surface area contributed by atoms with Crippen LogP contribution in [0.1, 0.15) is 30.9 Å². The Labute approximate surface area is 211 Å². The fourth-order valence-electron chi connectivity index (χ4n) is 5.09. The minimum absolute atomic E-state index is 0.0601. The zero-order chi connectivity index (χ0) is 25.3. The maximum atomic E-state index is 13.9. The van der Waals surface area contributed by atoms with E-state index in [-0.39, 0.29) is 35.7 Å². The van der Waals surface area contributed by atoms with Crippen LogP contribution in [0.3, 0.4) is 0 Å². The Morgan fingerprint density at radius 1 is 1.00 bits per heavy atom. The molecule has 2 aromatic carbocycles. The Morgan fingerprint density at radius 3 is 2.42 bits per heavy atom. The molecule has 1 saturated heterocycles. The smallest absolute Gasteiger partial charge is 0.309 e. The Morgan fingerprint density at radius 2 is 1.69 bits per heavy atom. The summed E-state index contributed by atoms with van der Waals surface area (Å²) >= 11 is 0. The van der Waals surface area contributed by atoms with Crippen LogP contribution in [0.5, 0.6) is 11.5 Å². The molecule has 3 aliphatic heterocycles. The molecule has 5 rings (SSSR count). The van der Waals surface area contributed by atoms with Crippen LogP contribution in [0.25, 0.3) is 0 Å². The van der Waals surface area contributed by atoms with Gasteiger partial charge < -0.3 is 19.1 Å². The molecule has 2 aromatic rings. The maximum absolute atomic E-state index is 13.9. The standard InChI is InChI=1S/C26H30N2O7S/c1-2-33-26(30)18-9-11-27(12-10-18)25(29)22-15-19-5-3-4-6-20(19)17-28(22)36(31,32)21-7-8-23-24(16-21)35-14-13-34-23/h3-8,16,18,22H,2,9-15,17H2,1H3/t22-/m1/s1. The normalized spacial score (nSPS) is 20.5. The largest absolute Gasteiger partial charge is 0.486 e. The molecule has 36 heavy (non-hydrogen) atoms. The van der Waals surface area contributed by atoms with Gasteiger partial charge in [0, 0.05) is 25.7 Å². The summed E-state index contributed by atoms with van der Waals surface area (Å²) in [5, 5.41) is 0. The molecule has 0 aromatic heterocycles. The minimum atomic E-state index is -4.03. The first-order valence-electron chi connectivity index (χ1n) is 12.3. The van der Waals surface area contributed by atoms with E-state index < -0.39 is 16.1 Å². The molecule has 10 heteroatoms. The van der Waals surface area contributed by atoms with E-state index >= 15 is 0 Å². The number of ether oxygens (including phenoxy) is 3. The van der Waals surface area contributed by atoms with Crippen LogP contribution < -0.4 is 9.47 Å². The lowest BCUT2D eigenvalue weighted by Gasteiger charge is -2.39. The van der Waals surface area contributed by atoms with Gasteiger partial charge in [-0.1, -0.05) is 24.3 Å². The predicted molar refractivity (Wildman–Crippen MR) is 130 cm³/mol. The molecule has 0 N–H and O–H groups in total. The quantitative estimate of drug-likeness (QED) is 0.565. The van der Waals surface area contributed by atoms with Crippen LogP contribution in [0.15, 0.2) is 47.4 Å². The Hall–Kier alpha value is -3.11. The van der Waals surface area contributed by atoms with Gasteiger partial charge in [0.25, 0.3) is 0 Å². The number of benzene rings is 2. The topological polar surface area (TPSA) is 102 Å². The van der Waals surface area contributed by atoms with Gasteiger partial charge in [0.2, 0.25) is 15.9 Å². The van der Waals surface area contributed by atoms with Gasteiger partial charge in [-0.3, -0.25) is 9.59 Å². The highest BCUT2D eigenvalue weighted by molar-refractivity contribution is 7.89. The van der Waals surface area contributed by atoms with Crippen molar-refractivity contribution in [2.75, 3.05) is 32.9 Å². The van der Waals surface area contributed by atoms with Crippen molar-refractivity contribution in [2.45, 2.75) is 43.7 Å². The maximum Gasteiger partial charge on any atom is 0.309 e. The van der Waals surface area contributed by atoms with E-state index in [2.05, 4.69) is 0 Å². The third-order valence-corrected chi connectivity index (χ3v) is 8.89. The molecule has 3 aliphatic rings. The van der Waals surface area contributed by atoms with Crippen molar-refractivity contribution in [2.24, 2.45) is 5.92 Å². The van der Waals surface area contributed by atoms with Crippen molar-refractivity contribution in [1.82, 2.24) is 9.21 Å². The number of likely N-dealkylation sites (tertiary alicyclic amines) is 1. The molecule has 192 valence electrons. The SMILES string of the molecule is CCOC(=O)C1CCN(C(=O)[C@H]2Cc3ccccc3CN2S(=O)(=O)c2ccc3c(c2)OCCO3)CC1. The van der Waals surface area contributed by atoms with Crippen molar-refractivity contribution in [1.29, 1.82) is 0 Å². The van der Waals surface area contributed by atoms with E-state index in [4.69, 9.17) is 14.2 Å². The average molecular weight is 515 g/mol. The summed E-state index contributed by atoms with van der Waals surface area (Å²) < 4.78 is 45.4. The zero-order valence-corrected chi connectivity index (χ0v) is 21.0. The first-order valence-corrected chi connectivity index (χ1v) is 13.8. The summed E-state index contributed by atoms with van der Waals surface area (Å²) in [7, 11) is -4.03. The summed E-state index contributed by atoms with van der Waals surface area (Å²) in [6.07, 6.45) is 1.29. The molecular weight excluding hydrogens is 484 g/mol. The first kappa shape index (κ1) is 24.6. The van der Waals surface area contributed by atoms with Gasteiger partial charge in [0.1, 0.15) is 19.3 Å². The highest BCUT2D eigenvalue weighted by Crippen LogP contribution is 2.36. The van der Waals surface area contributed by atoms with Gasteiger partial charge in [-0.2, -0.15) is 4.31 Å².